The molecule has 0 saturated carbocycles. The van der Waals surface area contributed by atoms with Crippen LogP contribution in [0, 0.1) is 0 Å². The number of nitrogens with zero attached hydrogens (tertiary/aromatic N) is 5. The second-order valence-electron chi connectivity index (χ2n) is 8.61. The molecule has 8 nitrogen and oxygen atoms in total. The maximum atomic E-state index is 12.9. The summed E-state index contributed by atoms with van der Waals surface area (Å²) in [5, 5.41) is 3.36. The van der Waals surface area contributed by atoms with Gasteiger partial charge in [0.1, 0.15) is 16.5 Å². The first-order valence-corrected chi connectivity index (χ1v) is 14.2. The number of aromatic nitrogens is 3. The van der Waals surface area contributed by atoms with Crippen LogP contribution in [0.1, 0.15) is 47.6 Å². The van der Waals surface area contributed by atoms with Gasteiger partial charge in [0.2, 0.25) is 0 Å². The maximum absolute atomic E-state index is 12.9. The number of anilines is 1. The number of hydrogen-bond acceptors (Lipinski definition) is 10. The Kier molecular flexibility index (Phi) is 9.05. The van der Waals surface area contributed by atoms with Crippen LogP contribution >= 0.6 is 34.3 Å². The van der Waals surface area contributed by atoms with E-state index in [1.54, 1.807) is 35.1 Å². The van der Waals surface area contributed by atoms with Gasteiger partial charge < -0.3 is 9.64 Å². The molecule has 0 bridgehead atoms. The number of piperazine rings is 1. The van der Waals surface area contributed by atoms with Crippen molar-refractivity contribution in [3.63, 3.8) is 0 Å². The van der Waals surface area contributed by atoms with Crippen LogP contribution in [0.25, 0.3) is 10.6 Å². The molecule has 1 atom stereocenters. The van der Waals surface area contributed by atoms with E-state index in [1.165, 1.54) is 0 Å². The number of ether oxygens (including phenoxy) is 1. The molecule has 0 N–H and O–H groups in total. The van der Waals surface area contributed by atoms with Crippen LogP contribution in [0.15, 0.2) is 23.8 Å². The van der Waals surface area contributed by atoms with Crippen molar-refractivity contribution in [3.8, 4) is 10.6 Å². The monoisotopic (exact) mass is 547 g/mol. The minimum absolute atomic E-state index is 0.0987. The second kappa shape index (κ2) is 12.2. The van der Waals surface area contributed by atoms with Crippen molar-refractivity contribution in [2.24, 2.45) is 0 Å². The predicted molar refractivity (Wildman–Crippen MR) is 144 cm³/mol. The summed E-state index contributed by atoms with van der Waals surface area (Å²) in [6.07, 6.45) is 4.67. The van der Waals surface area contributed by atoms with Crippen molar-refractivity contribution >= 4 is 51.8 Å². The van der Waals surface area contributed by atoms with Gasteiger partial charge in [-0.3, -0.25) is 14.5 Å². The molecular weight excluding hydrogens is 518 g/mol. The Bertz CT molecular complexity index is 1200. The molecule has 4 heterocycles. The SMILES string of the molecule is CCOC(=O)CCN1CCN(c2cnc(C(=O)Cc3nc(-c4cc(Cl)cs4)c(CC)s3)cn2)C[C@H]1C. The number of thiazole rings is 1. The van der Waals surface area contributed by atoms with E-state index in [2.05, 4.69) is 33.6 Å². The van der Waals surface area contributed by atoms with Crippen molar-refractivity contribution in [1.29, 1.82) is 0 Å². The van der Waals surface area contributed by atoms with Crippen LogP contribution in [0.5, 0.6) is 0 Å². The van der Waals surface area contributed by atoms with E-state index >= 15 is 0 Å². The summed E-state index contributed by atoms with van der Waals surface area (Å²) in [4.78, 5) is 44.9. The number of thiophene rings is 1. The molecule has 11 heteroatoms. The van der Waals surface area contributed by atoms with Crippen molar-refractivity contribution in [2.45, 2.75) is 46.1 Å². The van der Waals surface area contributed by atoms with Gasteiger partial charge in [0, 0.05) is 42.5 Å². The molecule has 36 heavy (non-hydrogen) atoms. The molecule has 1 aliphatic heterocycles. The van der Waals surface area contributed by atoms with Crippen molar-refractivity contribution in [3.05, 3.63) is 44.4 Å². The predicted octanol–water partition coefficient (Wildman–Crippen LogP) is 4.77. The van der Waals surface area contributed by atoms with Crippen molar-refractivity contribution in [1.82, 2.24) is 19.9 Å². The van der Waals surface area contributed by atoms with Gasteiger partial charge in [-0.05, 0) is 26.3 Å². The molecule has 3 aromatic rings. The average molecular weight is 548 g/mol. The molecule has 0 spiro atoms. The van der Waals surface area contributed by atoms with Gasteiger partial charge in [-0.2, -0.15) is 0 Å². The number of ketones is 1. The van der Waals surface area contributed by atoms with Crippen LogP contribution in [-0.2, 0) is 22.4 Å². The van der Waals surface area contributed by atoms with E-state index in [1.807, 2.05) is 18.4 Å². The van der Waals surface area contributed by atoms with Gasteiger partial charge in [0.05, 0.1) is 47.4 Å². The zero-order valence-electron chi connectivity index (χ0n) is 20.7. The quantitative estimate of drug-likeness (QED) is 0.265. The minimum atomic E-state index is -0.158. The molecule has 3 aromatic heterocycles. The number of carbonyl (C=O) groups excluding carboxylic acids is 2. The summed E-state index contributed by atoms with van der Waals surface area (Å²) >= 11 is 9.21. The lowest BCUT2D eigenvalue weighted by molar-refractivity contribution is -0.143. The largest absolute Gasteiger partial charge is 0.466 e. The number of halogens is 1. The Labute approximate surface area is 224 Å². The molecule has 0 radical (unpaired) electrons. The Hall–Kier alpha value is -2.40. The normalized spacial score (nSPS) is 16.3. The topological polar surface area (TPSA) is 88.5 Å². The number of rotatable bonds is 10. The fourth-order valence-electron chi connectivity index (χ4n) is 4.21. The first-order chi connectivity index (χ1) is 17.4. The van der Waals surface area contributed by atoms with Crippen LogP contribution in [0.4, 0.5) is 5.82 Å². The van der Waals surface area contributed by atoms with Crippen molar-refractivity contribution in [2.75, 3.05) is 37.7 Å². The fraction of sp³-hybridized carbons (Fsp3) is 0.480. The molecule has 0 amide bonds. The zero-order valence-corrected chi connectivity index (χ0v) is 23.1. The van der Waals surface area contributed by atoms with Gasteiger partial charge in [-0.1, -0.05) is 18.5 Å². The molecule has 0 aromatic carbocycles. The van der Waals surface area contributed by atoms with Gasteiger partial charge in [-0.25, -0.2) is 15.0 Å². The minimum Gasteiger partial charge on any atom is -0.466 e. The average Bonchev–Trinajstić information content (AvgIpc) is 3.49. The number of carbonyl (C=O) groups is 2. The fourth-order valence-corrected chi connectivity index (χ4v) is 6.38. The Morgan fingerprint density at radius 2 is 2.06 bits per heavy atom. The van der Waals surface area contributed by atoms with E-state index in [0.717, 1.165) is 52.3 Å². The molecule has 4 rings (SSSR count). The third-order valence-corrected chi connectivity index (χ3v) is 8.58. The number of Topliss-reactive ketones (excluding diaryl/α,β-unsaturated/α-hetero) is 1. The third kappa shape index (κ3) is 6.47. The lowest BCUT2D eigenvalue weighted by Crippen LogP contribution is -2.52. The van der Waals surface area contributed by atoms with Gasteiger partial charge in [-0.15, -0.1) is 22.7 Å². The summed E-state index contributed by atoms with van der Waals surface area (Å²) in [5.41, 5.74) is 1.26. The third-order valence-electron chi connectivity index (χ3n) is 6.10. The molecule has 1 saturated heterocycles. The number of hydrogen-bond donors (Lipinski definition) is 0. The smallest absolute Gasteiger partial charge is 0.307 e. The molecule has 0 aliphatic carbocycles. The summed E-state index contributed by atoms with van der Waals surface area (Å²) in [6.45, 7) is 9.52. The summed E-state index contributed by atoms with van der Waals surface area (Å²) in [5.74, 6) is 0.496. The Morgan fingerprint density at radius 1 is 1.22 bits per heavy atom. The summed E-state index contributed by atoms with van der Waals surface area (Å²) in [6, 6.07) is 2.18. The Balaban J connectivity index is 1.34. The van der Waals surface area contributed by atoms with Crippen LogP contribution in [-0.4, -0.2) is 70.4 Å². The number of aryl methyl sites for hydroxylation is 1. The highest BCUT2D eigenvalue weighted by Crippen LogP contribution is 2.35. The lowest BCUT2D eigenvalue weighted by Gasteiger charge is -2.40. The molecule has 0 unspecified atom stereocenters. The van der Waals surface area contributed by atoms with E-state index < -0.39 is 0 Å². The van der Waals surface area contributed by atoms with E-state index in [-0.39, 0.29) is 24.2 Å². The van der Waals surface area contributed by atoms with Gasteiger partial charge in [0.15, 0.2) is 5.78 Å². The molecule has 192 valence electrons. The van der Waals surface area contributed by atoms with E-state index in [9.17, 15) is 9.59 Å². The highest BCUT2D eigenvalue weighted by atomic mass is 35.5. The van der Waals surface area contributed by atoms with Crippen LogP contribution < -0.4 is 4.90 Å². The zero-order chi connectivity index (χ0) is 25.7. The lowest BCUT2D eigenvalue weighted by atomic mass is 10.2. The summed E-state index contributed by atoms with van der Waals surface area (Å²) in [7, 11) is 0. The molecular formula is C25H30ClN5O3S2. The molecule has 1 fully saturated rings. The van der Waals surface area contributed by atoms with Crippen LogP contribution in [0.3, 0.4) is 0 Å². The van der Waals surface area contributed by atoms with Crippen molar-refractivity contribution < 1.29 is 14.3 Å². The first kappa shape index (κ1) is 26.7. The summed E-state index contributed by atoms with van der Waals surface area (Å²) < 4.78 is 5.03. The Morgan fingerprint density at radius 3 is 2.69 bits per heavy atom. The van der Waals surface area contributed by atoms with E-state index in [0.29, 0.717) is 30.3 Å². The van der Waals surface area contributed by atoms with Gasteiger partial charge in [0.25, 0.3) is 0 Å². The first-order valence-electron chi connectivity index (χ1n) is 12.1. The van der Waals surface area contributed by atoms with Gasteiger partial charge >= 0.3 is 5.97 Å². The second-order valence-corrected chi connectivity index (χ2v) is 11.1. The highest BCUT2D eigenvalue weighted by Gasteiger charge is 2.25. The highest BCUT2D eigenvalue weighted by molar-refractivity contribution is 7.15. The standard InChI is InChI=1S/C25H30ClN5O3S2/c1-4-20-25(21-10-17(26)15-35-21)29-23(36-20)11-19(32)18-12-28-22(13-27-18)31-9-8-30(16(3)14-31)7-6-24(33)34-5-2/h10,12-13,15-16H,4-9,11,14H2,1-3H3/t16-/m1/s1. The van der Waals surface area contributed by atoms with Crippen LogP contribution in [0.2, 0.25) is 5.02 Å². The number of esters is 1. The maximum Gasteiger partial charge on any atom is 0.307 e. The van der Waals surface area contributed by atoms with E-state index in [4.69, 9.17) is 21.3 Å². The molecule has 1 aliphatic rings.